The van der Waals surface area contributed by atoms with Crippen LogP contribution in [-0.2, 0) is 0 Å². The Bertz CT molecular complexity index is 193. The lowest BCUT2D eigenvalue weighted by atomic mass is 9.96. The van der Waals surface area contributed by atoms with Crippen molar-refractivity contribution in [1.82, 2.24) is 15.1 Å². The molecule has 2 fully saturated rings. The van der Waals surface area contributed by atoms with Gasteiger partial charge in [-0.2, -0.15) is 0 Å². The first-order valence-electron chi connectivity index (χ1n) is 6.84. The molecule has 2 aliphatic rings. The molecule has 94 valence electrons. The molecule has 2 saturated heterocycles. The lowest BCUT2D eigenvalue weighted by Crippen LogP contribution is -2.40. The Balaban J connectivity index is 1.64. The van der Waals surface area contributed by atoms with Crippen molar-refractivity contribution in [3.8, 4) is 0 Å². The molecular weight excluding hydrogens is 198 g/mol. The van der Waals surface area contributed by atoms with Gasteiger partial charge in [-0.15, -0.1) is 0 Å². The fourth-order valence-electron chi connectivity index (χ4n) is 3.05. The number of hydrogen-bond acceptors (Lipinski definition) is 3. The van der Waals surface area contributed by atoms with E-state index in [2.05, 4.69) is 29.2 Å². The summed E-state index contributed by atoms with van der Waals surface area (Å²) >= 11 is 0. The Hall–Kier alpha value is -0.120. The molecular formula is C13H27N3. The molecule has 0 bridgehead atoms. The summed E-state index contributed by atoms with van der Waals surface area (Å²) in [5, 5.41) is 3.58. The van der Waals surface area contributed by atoms with E-state index in [4.69, 9.17) is 0 Å². The first-order valence-corrected chi connectivity index (χ1v) is 6.84. The highest BCUT2D eigenvalue weighted by Gasteiger charge is 2.20. The fourth-order valence-corrected chi connectivity index (χ4v) is 3.05. The van der Waals surface area contributed by atoms with Crippen LogP contribution in [0.4, 0.5) is 0 Å². The summed E-state index contributed by atoms with van der Waals surface area (Å²) in [6.07, 6.45) is 5.52. The SMILES string of the molecule is CN1CCC(CN(C)CC2CCCN2)CC1. The van der Waals surface area contributed by atoms with Crippen molar-refractivity contribution in [3.05, 3.63) is 0 Å². The van der Waals surface area contributed by atoms with Crippen molar-refractivity contribution in [3.63, 3.8) is 0 Å². The van der Waals surface area contributed by atoms with Crippen molar-refractivity contribution < 1.29 is 0 Å². The van der Waals surface area contributed by atoms with Crippen molar-refractivity contribution in [1.29, 1.82) is 0 Å². The van der Waals surface area contributed by atoms with Crippen LogP contribution in [-0.4, -0.2) is 62.7 Å². The zero-order chi connectivity index (χ0) is 11.4. The van der Waals surface area contributed by atoms with E-state index in [1.165, 1.54) is 58.4 Å². The molecule has 0 aromatic carbocycles. The van der Waals surface area contributed by atoms with Crippen molar-refractivity contribution in [2.75, 3.05) is 46.8 Å². The van der Waals surface area contributed by atoms with Gasteiger partial charge >= 0.3 is 0 Å². The monoisotopic (exact) mass is 225 g/mol. The zero-order valence-electron chi connectivity index (χ0n) is 10.9. The second kappa shape index (κ2) is 5.99. The predicted octanol–water partition coefficient (Wildman–Crippen LogP) is 1.01. The first kappa shape index (κ1) is 12.3. The molecule has 1 atom stereocenters. The molecule has 0 radical (unpaired) electrons. The minimum absolute atomic E-state index is 0.760. The number of piperidine rings is 1. The van der Waals surface area contributed by atoms with Gasteiger partial charge in [-0.1, -0.05) is 0 Å². The number of likely N-dealkylation sites (tertiary alicyclic amines) is 1. The number of rotatable bonds is 4. The standard InChI is InChI=1S/C13H27N3/c1-15-8-5-12(6-9-15)10-16(2)11-13-4-3-7-14-13/h12-14H,3-11H2,1-2H3. The molecule has 0 aromatic heterocycles. The largest absolute Gasteiger partial charge is 0.313 e. The first-order chi connectivity index (χ1) is 7.74. The molecule has 0 aromatic rings. The van der Waals surface area contributed by atoms with Crippen LogP contribution >= 0.6 is 0 Å². The van der Waals surface area contributed by atoms with Crippen molar-refractivity contribution >= 4 is 0 Å². The maximum absolute atomic E-state index is 3.58. The summed E-state index contributed by atoms with van der Waals surface area (Å²) in [6.45, 7) is 6.35. The number of nitrogens with one attached hydrogen (secondary N) is 1. The van der Waals surface area contributed by atoms with Crippen LogP contribution in [0.1, 0.15) is 25.7 Å². The molecule has 2 rings (SSSR count). The lowest BCUT2D eigenvalue weighted by Gasteiger charge is -2.32. The number of hydrogen-bond donors (Lipinski definition) is 1. The molecule has 1 N–H and O–H groups in total. The topological polar surface area (TPSA) is 18.5 Å². The Morgan fingerprint density at radius 2 is 1.94 bits per heavy atom. The third-order valence-electron chi connectivity index (χ3n) is 4.10. The Kier molecular flexibility index (Phi) is 4.62. The number of nitrogens with zero attached hydrogens (tertiary/aromatic N) is 2. The van der Waals surface area contributed by atoms with Crippen LogP contribution in [0.25, 0.3) is 0 Å². The van der Waals surface area contributed by atoms with Crippen LogP contribution in [0.5, 0.6) is 0 Å². The molecule has 0 saturated carbocycles. The molecule has 3 nitrogen and oxygen atoms in total. The summed E-state index contributed by atoms with van der Waals surface area (Å²) < 4.78 is 0. The molecule has 0 spiro atoms. The van der Waals surface area contributed by atoms with Gasteiger partial charge < -0.3 is 15.1 Å². The van der Waals surface area contributed by atoms with E-state index in [0.29, 0.717) is 0 Å². The van der Waals surface area contributed by atoms with Crippen LogP contribution in [0.3, 0.4) is 0 Å². The van der Waals surface area contributed by atoms with Crippen molar-refractivity contribution in [2.45, 2.75) is 31.7 Å². The molecule has 1 unspecified atom stereocenters. The highest BCUT2D eigenvalue weighted by Crippen LogP contribution is 2.17. The minimum Gasteiger partial charge on any atom is -0.313 e. The molecule has 3 heteroatoms. The fraction of sp³-hybridized carbons (Fsp3) is 1.00. The maximum atomic E-state index is 3.58. The second-order valence-electron chi connectivity index (χ2n) is 5.76. The predicted molar refractivity (Wildman–Crippen MR) is 68.7 cm³/mol. The molecule has 2 heterocycles. The zero-order valence-corrected chi connectivity index (χ0v) is 10.9. The van der Waals surface area contributed by atoms with Gasteiger partial charge in [-0.05, 0) is 65.3 Å². The molecule has 0 amide bonds. The van der Waals surface area contributed by atoms with E-state index < -0.39 is 0 Å². The summed E-state index contributed by atoms with van der Waals surface area (Å²) in [5.41, 5.74) is 0. The van der Waals surface area contributed by atoms with Gasteiger partial charge in [0.2, 0.25) is 0 Å². The van der Waals surface area contributed by atoms with Gasteiger partial charge in [0, 0.05) is 19.1 Å². The van der Waals surface area contributed by atoms with E-state index in [-0.39, 0.29) is 0 Å². The summed E-state index contributed by atoms with van der Waals surface area (Å²) in [6, 6.07) is 0.760. The molecule has 16 heavy (non-hydrogen) atoms. The summed E-state index contributed by atoms with van der Waals surface area (Å²) in [5.74, 6) is 0.933. The highest BCUT2D eigenvalue weighted by molar-refractivity contribution is 4.79. The van der Waals surface area contributed by atoms with Crippen LogP contribution in [0.15, 0.2) is 0 Å². The Morgan fingerprint density at radius 3 is 2.56 bits per heavy atom. The second-order valence-corrected chi connectivity index (χ2v) is 5.76. The van der Waals surface area contributed by atoms with E-state index in [1.54, 1.807) is 0 Å². The Labute approximate surface area is 100 Å². The van der Waals surface area contributed by atoms with Gasteiger partial charge in [0.1, 0.15) is 0 Å². The number of likely N-dealkylation sites (N-methyl/N-ethyl adjacent to an activating group) is 1. The Morgan fingerprint density at radius 1 is 1.19 bits per heavy atom. The minimum atomic E-state index is 0.760. The van der Waals surface area contributed by atoms with E-state index in [9.17, 15) is 0 Å². The van der Waals surface area contributed by atoms with E-state index >= 15 is 0 Å². The maximum Gasteiger partial charge on any atom is 0.0195 e. The third kappa shape index (κ3) is 3.72. The third-order valence-corrected chi connectivity index (χ3v) is 4.10. The molecule has 2 aliphatic heterocycles. The van der Waals surface area contributed by atoms with Crippen LogP contribution in [0, 0.1) is 5.92 Å². The van der Waals surface area contributed by atoms with Gasteiger partial charge in [0.15, 0.2) is 0 Å². The summed E-state index contributed by atoms with van der Waals surface area (Å²) in [7, 11) is 4.53. The average Bonchev–Trinajstić information content (AvgIpc) is 2.74. The normalized spacial score (nSPS) is 29.1. The van der Waals surface area contributed by atoms with E-state index in [0.717, 1.165) is 12.0 Å². The quantitative estimate of drug-likeness (QED) is 0.770. The van der Waals surface area contributed by atoms with Crippen molar-refractivity contribution in [2.24, 2.45) is 5.92 Å². The van der Waals surface area contributed by atoms with Crippen LogP contribution < -0.4 is 5.32 Å². The van der Waals surface area contributed by atoms with Crippen LogP contribution in [0.2, 0.25) is 0 Å². The van der Waals surface area contributed by atoms with Gasteiger partial charge in [0.05, 0.1) is 0 Å². The average molecular weight is 225 g/mol. The lowest BCUT2D eigenvalue weighted by molar-refractivity contribution is 0.171. The van der Waals surface area contributed by atoms with Gasteiger partial charge in [0.25, 0.3) is 0 Å². The van der Waals surface area contributed by atoms with E-state index in [1.807, 2.05) is 0 Å². The summed E-state index contributed by atoms with van der Waals surface area (Å²) in [4.78, 5) is 4.99. The highest BCUT2D eigenvalue weighted by atomic mass is 15.1. The van der Waals surface area contributed by atoms with Gasteiger partial charge in [-0.25, -0.2) is 0 Å². The molecule has 0 aliphatic carbocycles. The van der Waals surface area contributed by atoms with Gasteiger partial charge in [-0.3, -0.25) is 0 Å². The smallest absolute Gasteiger partial charge is 0.0195 e.